The molecule has 0 aliphatic carbocycles. The zero-order chi connectivity index (χ0) is 19.9. The lowest BCUT2D eigenvalue weighted by Crippen LogP contribution is -2.17. The number of aromatic nitrogens is 2. The van der Waals surface area contributed by atoms with Gasteiger partial charge in [0.1, 0.15) is 17.1 Å². The number of anilines is 1. The van der Waals surface area contributed by atoms with E-state index in [1.165, 1.54) is 4.57 Å². The molecular weight excluding hydrogens is 402 g/mol. The fourth-order valence-corrected chi connectivity index (χ4v) is 4.66. The molecule has 0 unspecified atom stereocenters. The molecule has 7 nitrogen and oxygen atoms in total. The molecule has 2 aromatic carbocycles. The first-order valence-electron chi connectivity index (χ1n) is 8.44. The molecule has 28 heavy (non-hydrogen) atoms. The number of carbonyl (C=O) groups excluding carboxylic acids is 1. The summed E-state index contributed by atoms with van der Waals surface area (Å²) < 4.78 is 31.3. The lowest BCUT2D eigenvalue weighted by Gasteiger charge is -2.09. The fourth-order valence-electron chi connectivity index (χ4n) is 3.12. The van der Waals surface area contributed by atoms with Gasteiger partial charge in [-0.1, -0.05) is 17.7 Å². The lowest BCUT2D eigenvalue weighted by molar-refractivity contribution is 0.101. The average molecular weight is 418 g/mol. The van der Waals surface area contributed by atoms with Crippen molar-refractivity contribution in [3.8, 4) is 17.0 Å². The first-order valence-corrected chi connectivity index (χ1v) is 10.5. The molecule has 0 atom stereocenters. The summed E-state index contributed by atoms with van der Waals surface area (Å²) in [5, 5.41) is 3.16. The normalized spacial score (nSPS) is 14.5. The average Bonchev–Trinajstić information content (AvgIpc) is 3.19. The lowest BCUT2D eigenvalue weighted by atomic mass is 10.1. The van der Waals surface area contributed by atoms with Crippen molar-refractivity contribution in [2.45, 2.75) is 11.7 Å². The first-order chi connectivity index (χ1) is 13.4. The van der Waals surface area contributed by atoms with Gasteiger partial charge in [0.05, 0.1) is 12.9 Å². The summed E-state index contributed by atoms with van der Waals surface area (Å²) in [4.78, 5) is 17.3. The van der Waals surface area contributed by atoms with Gasteiger partial charge in [-0.25, -0.2) is 13.4 Å². The Bertz CT molecular complexity index is 1170. The fraction of sp³-hybridized carbons (Fsp3) is 0.158. The van der Waals surface area contributed by atoms with Crippen LogP contribution in [-0.2, 0) is 16.4 Å². The van der Waals surface area contributed by atoms with E-state index in [0.717, 1.165) is 0 Å². The van der Waals surface area contributed by atoms with E-state index in [1.54, 1.807) is 55.6 Å². The number of ether oxygens (including phenoxy) is 1. The third-order valence-electron chi connectivity index (χ3n) is 4.46. The number of nitrogens with zero attached hydrogens (tertiary/aromatic N) is 2. The van der Waals surface area contributed by atoms with Crippen LogP contribution < -0.4 is 10.1 Å². The number of hydrogen-bond acceptors (Lipinski definition) is 5. The Hall–Kier alpha value is -2.84. The van der Waals surface area contributed by atoms with Gasteiger partial charge in [-0.3, -0.25) is 4.79 Å². The smallest absolute Gasteiger partial charge is 0.274 e. The Balaban J connectivity index is 1.81. The van der Waals surface area contributed by atoms with Gasteiger partial charge in [0.2, 0.25) is 15.0 Å². The Morgan fingerprint density at radius 3 is 2.64 bits per heavy atom. The third kappa shape index (κ3) is 3.25. The van der Waals surface area contributed by atoms with Crippen LogP contribution in [0.25, 0.3) is 11.3 Å². The Kier molecular flexibility index (Phi) is 4.60. The summed E-state index contributed by atoms with van der Waals surface area (Å²) in [6.45, 7) is 0.180. The van der Waals surface area contributed by atoms with Crippen molar-refractivity contribution in [1.29, 1.82) is 0 Å². The first kappa shape index (κ1) is 18.5. The van der Waals surface area contributed by atoms with Crippen LogP contribution in [-0.4, -0.2) is 36.7 Å². The van der Waals surface area contributed by atoms with Crippen LogP contribution in [0.15, 0.2) is 53.7 Å². The highest BCUT2D eigenvalue weighted by atomic mass is 35.5. The van der Waals surface area contributed by atoms with Gasteiger partial charge in [-0.15, -0.1) is 0 Å². The van der Waals surface area contributed by atoms with E-state index in [2.05, 4.69) is 10.3 Å². The summed E-state index contributed by atoms with van der Waals surface area (Å²) >= 11 is 5.98. The van der Waals surface area contributed by atoms with Gasteiger partial charge < -0.3 is 14.6 Å². The molecule has 4 rings (SSSR count). The molecule has 2 heterocycles. The van der Waals surface area contributed by atoms with Crippen molar-refractivity contribution in [3.05, 3.63) is 59.2 Å². The number of benzene rings is 2. The summed E-state index contributed by atoms with van der Waals surface area (Å²) in [5.74, 6) is 0.118. The zero-order valence-corrected chi connectivity index (χ0v) is 16.4. The second-order valence-electron chi connectivity index (χ2n) is 6.26. The van der Waals surface area contributed by atoms with Crippen LogP contribution in [0.5, 0.6) is 5.75 Å². The standard InChI is InChI=1S/C19H16ClN3O4S/c1-27-15-7-5-12(6-8-15)16-17(23-9-10-28(25,26)19(23)22-16)18(24)21-14-4-2-3-13(20)11-14/h2-8,11H,9-10H2,1H3,(H,21,24). The van der Waals surface area contributed by atoms with Crippen LogP contribution in [0.3, 0.4) is 0 Å². The van der Waals surface area contributed by atoms with E-state index >= 15 is 0 Å². The van der Waals surface area contributed by atoms with Gasteiger partial charge in [0.25, 0.3) is 5.91 Å². The minimum absolute atomic E-state index is 0.0737. The predicted molar refractivity (Wildman–Crippen MR) is 106 cm³/mol. The predicted octanol–water partition coefficient (Wildman–Crippen LogP) is 3.25. The SMILES string of the molecule is COc1ccc(-c2nc3n(c2C(=O)Nc2cccc(Cl)c2)CCS3(=O)=O)cc1. The number of nitrogens with one attached hydrogen (secondary N) is 1. The molecule has 1 aromatic heterocycles. The summed E-state index contributed by atoms with van der Waals surface area (Å²) in [6, 6.07) is 13.7. The molecule has 0 saturated carbocycles. The molecule has 1 aliphatic rings. The van der Waals surface area contributed by atoms with Crippen LogP contribution in [0.4, 0.5) is 5.69 Å². The van der Waals surface area contributed by atoms with Gasteiger partial charge in [0, 0.05) is 22.8 Å². The van der Waals surface area contributed by atoms with Crippen molar-refractivity contribution in [2.24, 2.45) is 0 Å². The van der Waals surface area contributed by atoms with Crippen molar-refractivity contribution < 1.29 is 17.9 Å². The Morgan fingerprint density at radius 1 is 1.21 bits per heavy atom. The molecule has 3 aromatic rings. The second kappa shape index (κ2) is 6.96. The molecule has 1 aliphatic heterocycles. The van der Waals surface area contributed by atoms with E-state index in [0.29, 0.717) is 27.7 Å². The molecule has 0 spiro atoms. The maximum absolute atomic E-state index is 13.0. The number of carbonyl (C=O) groups is 1. The number of fused-ring (bicyclic) bond motifs is 1. The van der Waals surface area contributed by atoms with Crippen molar-refractivity contribution in [2.75, 3.05) is 18.2 Å². The van der Waals surface area contributed by atoms with Crippen LogP contribution in [0, 0.1) is 0 Å². The minimum atomic E-state index is -3.52. The highest BCUT2D eigenvalue weighted by Crippen LogP contribution is 2.32. The number of halogens is 1. The van der Waals surface area contributed by atoms with E-state index in [-0.39, 0.29) is 23.1 Å². The quantitative estimate of drug-likeness (QED) is 0.703. The maximum Gasteiger partial charge on any atom is 0.274 e. The van der Waals surface area contributed by atoms with Gasteiger partial charge in [0.15, 0.2) is 0 Å². The van der Waals surface area contributed by atoms with Crippen molar-refractivity contribution in [3.63, 3.8) is 0 Å². The number of sulfone groups is 1. The van der Waals surface area contributed by atoms with Crippen molar-refractivity contribution in [1.82, 2.24) is 9.55 Å². The van der Waals surface area contributed by atoms with E-state index in [9.17, 15) is 13.2 Å². The molecule has 0 fully saturated rings. The third-order valence-corrected chi connectivity index (χ3v) is 6.28. The van der Waals surface area contributed by atoms with E-state index in [4.69, 9.17) is 16.3 Å². The topological polar surface area (TPSA) is 90.3 Å². The monoisotopic (exact) mass is 417 g/mol. The summed E-state index contributed by atoms with van der Waals surface area (Å²) in [7, 11) is -1.96. The number of amides is 1. The highest BCUT2D eigenvalue weighted by molar-refractivity contribution is 7.91. The highest BCUT2D eigenvalue weighted by Gasteiger charge is 2.35. The number of rotatable bonds is 4. The van der Waals surface area contributed by atoms with Crippen LogP contribution >= 0.6 is 11.6 Å². The maximum atomic E-state index is 13.0. The Labute approximate surface area is 166 Å². The van der Waals surface area contributed by atoms with E-state index in [1.807, 2.05) is 0 Å². The number of methoxy groups -OCH3 is 1. The van der Waals surface area contributed by atoms with Gasteiger partial charge >= 0.3 is 0 Å². The molecule has 1 N–H and O–H groups in total. The molecule has 144 valence electrons. The van der Waals surface area contributed by atoms with Crippen LogP contribution in [0.1, 0.15) is 10.5 Å². The van der Waals surface area contributed by atoms with Gasteiger partial charge in [-0.2, -0.15) is 0 Å². The van der Waals surface area contributed by atoms with E-state index < -0.39 is 15.7 Å². The minimum Gasteiger partial charge on any atom is -0.497 e. The summed E-state index contributed by atoms with van der Waals surface area (Å²) in [5.41, 5.74) is 1.63. The molecule has 0 bridgehead atoms. The zero-order valence-electron chi connectivity index (χ0n) is 14.8. The summed E-state index contributed by atoms with van der Waals surface area (Å²) in [6.07, 6.45) is 0. The van der Waals surface area contributed by atoms with Crippen LogP contribution in [0.2, 0.25) is 5.02 Å². The molecule has 9 heteroatoms. The second-order valence-corrected chi connectivity index (χ2v) is 8.69. The Morgan fingerprint density at radius 2 is 1.96 bits per heavy atom. The van der Waals surface area contributed by atoms with Gasteiger partial charge in [-0.05, 0) is 42.5 Å². The number of imidazole rings is 1. The molecule has 0 saturated heterocycles. The molecular formula is C19H16ClN3O4S. The molecule has 0 radical (unpaired) electrons. The number of hydrogen-bond donors (Lipinski definition) is 1. The molecule has 1 amide bonds. The van der Waals surface area contributed by atoms with Crippen molar-refractivity contribution >= 4 is 33.0 Å². The largest absolute Gasteiger partial charge is 0.497 e.